The zero-order valence-corrected chi connectivity index (χ0v) is 15.6. The number of carbonyl (C=O) groups is 1. The standard InChI is InChI=1S/C24H21N3O/c28-24(27-12-11-23-19(15-27)14-25-16-26-23)10-9-22-20-7-3-1-5-17(20)13-18-6-2-4-8-21(18)22/h1-8,13-14,16H,9-12,15H2. The molecular formula is C24H21N3O. The molecule has 0 unspecified atom stereocenters. The number of hydrogen-bond acceptors (Lipinski definition) is 3. The highest BCUT2D eigenvalue weighted by atomic mass is 16.2. The average Bonchev–Trinajstić information content (AvgIpc) is 2.76. The fourth-order valence-corrected chi connectivity index (χ4v) is 4.25. The van der Waals surface area contributed by atoms with E-state index in [1.54, 1.807) is 6.33 Å². The molecule has 0 aliphatic carbocycles. The first-order valence-electron chi connectivity index (χ1n) is 9.74. The van der Waals surface area contributed by atoms with Crippen molar-refractivity contribution in [1.82, 2.24) is 14.9 Å². The molecule has 0 saturated heterocycles. The second-order valence-electron chi connectivity index (χ2n) is 7.36. The lowest BCUT2D eigenvalue weighted by Gasteiger charge is -2.28. The largest absolute Gasteiger partial charge is 0.338 e. The van der Waals surface area contributed by atoms with E-state index in [2.05, 4.69) is 64.6 Å². The fourth-order valence-electron chi connectivity index (χ4n) is 4.25. The summed E-state index contributed by atoms with van der Waals surface area (Å²) in [6.45, 7) is 1.35. The van der Waals surface area contributed by atoms with E-state index >= 15 is 0 Å². The fraction of sp³-hybridized carbons (Fsp3) is 0.208. The van der Waals surface area contributed by atoms with Crippen LogP contribution >= 0.6 is 0 Å². The van der Waals surface area contributed by atoms with Crippen molar-refractivity contribution < 1.29 is 4.79 Å². The quantitative estimate of drug-likeness (QED) is 0.507. The summed E-state index contributed by atoms with van der Waals surface area (Å²) in [5, 5.41) is 4.94. The zero-order chi connectivity index (χ0) is 18.9. The van der Waals surface area contributed by atoms with Crippen LogP contribution < -0.4 is 0 Å². The lowest BCUT2D eigenvalue weighted by atomic mass is 9.93. The van der Waals surface area contributed by atoms with Gasteiger partial charge in [-0.15, -0.1) is 0 Å². The molecule has 4 nitrogen and oxygen atoms in total. The molecule has 1 amide bonds. The van der Waals surface area contributed by atoms with Gasteiger partial charge in [0.15, 0.2) is 0 Å². The van der Waals surface area contributed by atoms with Crippen molar-refractivity contribution in [2.45, 2.75) is 25.8 Å². The third-order valence-corrected chi connectivity index (χ3v) is 5.69. The number of aryl methyl sites for hydroxylation is 1. The van der Waals surface area contributed by atoms with E-state index in [4.69, 9.17) is 0 Å². The molecule has 0 radical (unpaired) electrons. The highest BCUT2D eigenvalue weighted by molar-refractivity contribution is 6.02. The van der Waals surface area contributed by atoms with Gasteiger partial charge in [0, 0.05) is 37.7 Å². The smallest absolute Gasteiger partial charge is 0.223 e. The van der Waals surface area contributed by atoms with E-state index in [1.807, 2.05) is 11.1 Å². The number of nitrogens with zero attached hydrogens (tertiary/aromatic N) is 3. The summed E-state index contributed by atoms with van der Waals surface area (Å²) in [6, 6.07) is 19.1. The van der Waals surface area contributed by atoms with Gasteiger partial charge in [0.05, 0.1) is 5.69 Å². The van der Waals surface area contributed by atoms with Crippen molar-refractivity contribution in [3.05, 3.63) is 83.9 Å². The van der Waals surface area contributed by atoms with E-state index in [1.165, 1.54) is 27.1 Å². The zero-order valence-electron chi connectivity index (χ0n) is 15.6. The second-order valence-corrected chi connectivity index (χ2v) is 7.36. The van der Waals surface area contributed by atoms with E-state index in [0.29, 0.717) is 13.0 Å². The second kappa shape index (κ2) is 7.04. The van der Waals surface area contributed by atoms with Crippen LogP contribution in [0.25, 0.3) is 21.5 Å². The maximum atomic E-state index is 12.9. The first kappa shape index (κ1) is 16.9. The van der Waals surface area contributed by atoms with Gasteiger partial charge in [-0.3, -0.25) is 4.79 Å². The SMILES string of the molecule is O=C(CCc1c2ccccc2cc2ccccc12)N1CCc2ncncc2C1. The number of hydrogen-bond donors (Lipinski definition) is 0. The Morgan fingerprint density at radius 2 is 1.71 bits per heavy atom. The topological polar surface area (TPSA) is 46.1 Å². The van der Waals surface area contributed by atoms with Gasteiger partial charge in [-0.2, -0.15) is 0 Å². The van der Waals surface area contributed by atoms with Gasteiger partial charge in [0.2, 0.25) is 5.91 Å². The van der Waals surface area contributed by atoms with E-state index < -0.39 is 0 Å². The third kappa shape index (κ3) is 3.01. The van der Waals surface area contributed by atoms with Gasteiger partial charge in [0.25, 0.3) is 0 Å². The van der Waals surface area contributed by atoms with Crippen molar-refractivity contribution >= 4 is 27.5 Å². The molecule has 1 aliphatic rings. The highest BCUT2D eigenvalue weighted by Gasteiger charge is 2.21. The van der Waals surface area contributed by atoms with Crippen molar-refractivity contribution in [1.29, 1.82) is 0 Å². The number of carbonyl (C=O) groups excluding carboxylic acids is 1. The molecule has 0 spiro atoms. The van der Waals surface area contributed by atoms with E-state index in [9.17, 15) is 4.79 Å². The molecule has 2 heterocycles. The molecule has 4 aromatic rings. The van der Waals surface area contributed by atoms with Crippen molar-refractivity contribution in [2.75, 3.05) is 6.54 Å². The summed E-state index contributed by atoms with van der Waals surface area (Å²) in [6.07, 6.45) is 5.49. The molecular weight excluding hydrogens is 346 g/mol. The Kier molecular flexibility index (Phi) is 4.24. The van der Waals surface area contributed by atoms with Gasteiger partial charge in [-0.05, 0) is 39.6 Å². The molecule has 0 fully saturated rings. The van der Waals surface area contributed by atoms with Crippen LogP contribution in [0.15, 0.2) is 67.1 Å². The normalized spacial score (nSPS) is 13.6. The average molecular weight is 367 g/mol. The third-order valence-electron chi connectivity index (χ3n) is 5.69. The van der Waals surface area contributed by atoms with Crippen molar-refractivity contribution in [3.63, 3.8) is 0 Å². The first-order chi connectivity index (χ1) is 13.8. The van der Waals surface area contributed by atoms with Gasteiger partial charge >= 0.3 is 0 Å². The minimum Gasteiger partial charge on any atom is -0.338 e. The molecule has 0 atom stereocenters. The predicted molar refractivity (Wildman–Crippen MR) is 111 cm³/mol. The van der Waals surface area contributed by atoms with Crippen LogP contribution in [0.5, 0.6) is 0 Å². The van der Waals surface area contributed by atoms with Crippen molar-refractivity contribution in [3.8, 4) is 0 Å². The summed E-state index contributed by atoms with van der Waals surface area (Å²) >= 11 is 0. The summed E-state index contributed by atoms with van der Waals surface area (Å²) in [5.74, 6) is 0.200. The Labute approximate surface area is 163 Å². The monoisotopic (exact) mass is 367 g/mol. The lowest BCUT2D eigenvalue weighted by Crippen LogP contribution is -2.36. The lowest BCUT2D eigenvalue weighted by molar-refractivity contribution is -0.132. The molecule has 0 saturated carbocycles. The Bertz CT molecular complexity index is 1130. The molecule has 1 aliphatic heterocycles. The number of fused-ring (bicyclic) bond motifs is 3. The molecule has 138 valence electrons. The Morgan fingerprint density at radius 3 is 2.46 bits per heavy atom. The van der Waals surface area contributed by atoms with Crippen LogP contribution in [0.4, 0.5) is 0 Å². The van der Waals surface area contributed by atoms with Crippen LogP contribution in [0.2, 0.25) is 0 Å². The molecule has 0 N–H and O–H groups in total. The maximum absolute atomic E-state index is 12.9. The first-order valence-corrected chi connectivity index (χ1v) is 9.74. The van der Waals surface area contributed by atoms with Crippen molar-refractivity contribution in [2.24, 2.45) is 0 Å². The van der Waals surface area contributed by atoms with Crippen LogP contribution in [0.1, 0.15) is 23.2 Å². The predicted octanol–water partition coefficient (Wildman–Crippen LogP) is 4.30. The Balaban J connectivity index is 1.42. The number of rotatable bonds is 3. The summed E-state index contributed by atoms with van der Waals surface area (Å²) in [7, 11) is 0. The van der Waals surface area contributed by atoms with Gasteiger partial charge < -0.3 is 4.90 Å². The van der Waals surface area contributed by atoms with Crippen LogP contribution in [-0.4, -0.2) is 27.3 Å². The number of benzene rings is 3. The minimum absolute atomic E-state index is 0.200. The maximum Gasteiger partial charge on any atom is 0.223 e. The van der Waals surface area contributed by atoms with E-state index in [-0.39, 0.29) is 5.91 Å². The molecule has 1 aromatic heterocycles. The molecule has 5 rings (SSSR count). The van der Waals surface area contributed by atoms with Crippen LogP contribution in [0, 0.1) is 0 Å². The van der Waals surface area contributed by atoms with Gasteiger partial charge in [-0.25, -0.2) is 9.97 Å². The van der Waals surface area contributed by atoms with Gasteiger partial charge in [-0.1, -0.05) is 48.5 Å². The number of amides is 1. The molecule has 0 bridgehead atoms. The van der Waals surface area contributed by atoms with E-state index in [0.717, 1.165) is 30.6 Å². The summed E-state index contributed by atoms with van der Waals surface area (Å²) in [4.78, 5) is 23.3. The number of aromatic nitrogens is 2. The summed E-state index contributed by atoms with van der Waals surface area (Å²) in [5.41, 5.74) is 3.40. The minimum atomic E-state index is 0.200. The summed E-state index contributed by atoms with van der Waals surface area (Å²) < 4.78 is 0. The van der Waals surface area contributed by atoms with Crippen LogP contribution in [0.3, 0.4) is 0 Å². The Morgan fingerprint density at radius 1 is 1.00 bits per heavy atom. The molecule has 3 aromatic carbocycles. The van der Waals surface area contributed by atoms with Gasteiger partial charge in [0.1, 0.15) is 6.33 Å². The molecule has 4 heteroatoms. The Hall–Kier alpha value is -3.27. The van der Waals surface area contributed by atoms with Crippen LogP contribution in [-0.2, 0) is 24.2 Å². The molecule has 28 heavy (non-hydrogen) atoms. The highest BCUT2D eigenvalue weighted by Crippen LogP contribution is 2.29.